The lowest BCUT2D eigenvalue weighted by Gasteiger charge is -2.44. The lowest BCUT2D eigenvalue weighted by molar-refractivity contribution is -0.278. The zero-order chi connectivity index (χ0) is 97.0. The maximum Gasteiger partial charge on any atom is 0.180 e. The Balaban J connectivity index is 0.00000150. The summed E-state index contributed by atoms with van der Waals surface area (Å²) in [6.07, 6.45) is 14.0. The molecule has 2 saturated heterocycles. The van der Waals surface area contributed by atoms with Crippen molar-refractivity contribution in [1.82, 2.24) is 64.7 Å². The Morgan fingerprint density at radius 1 is 0.369 bits per heavy atom. The van der Waals surface area contributed by atoms with Gasteiger partial charge >= 0.3 is 0 Å². The Morgan fingerprint density at radius 3 is 1.08 bits per heavy atom. The Labute approximate surface area is 799 Å². The number of aromatic nitrogens is 12. The molecular weight excluding hydrogens is 1610 g/mol. The summed E-state index contributed by atoms with van der Waals surface area (Å²) in [4.78, 5) is 59.6. The largest absolute Gasteiger partial charge is 0.353 e. The summed E-state index contributed by atoms with van der Waals surface area (Å²) >= 11 is 0. The second kappa shape index (κ2) is 57.1. The van der Waals surface area contributed by atoms with Gasteiger partial charge in [-0.15, -0.1) is 0 Å². The third-order valence-corrected chi connectivity index (χ3v) is 25.7. The molecule has 19 nitrogen and oxygen atoms in total. The van der Waals surface area contributed by atoms with Gasteiger partial charge in [-0.25, -0.2) is 59.8 Å². The molecule has 3 aliphatic heterocycles. The molecular formula is C111H199N13O6. The van der Waals surface area contributed by atoms with Crippen molar-refractivity contribution in [2.24, 2.45) is 35.5 Å². The summed E-state index contributed by atoms with van der Waals surface area (Å²) in [7, 11) is 5.63. The van der Waals surface area contributed by atoms with Gasteiger partial charge in [0.15, 0.2) is 17.4 Å². The maximum atomic E-state index is 6.15. The summed E-state index contributed by atoms with van der Waals surface area (Å²) in [6.45, 7) is 96.1. The zero-order valence-electron chi connectivity index (χ0n) is 89.8. The van der Waals surface area contributed by atoms with Crippen LogP contribution in [-0.4, -0.2) is 130 Å². The van der Waals surface area contributed by atoms with Gasteiger partial charge in [0.25, 0.3) is 0 Å². The molecule has 130 heavy (non-hydrogen) atoms. The first-order chi connectivity index (χ1) is 60.0. The summed E-state index contributed by atoms with van der Waals surface area (Å²) in [5, 5.41) is 0. The number of nitrogens with zero attached hydrogens (tertiary/aromatic N) is 13. The molecule has 6 atom stereocenters. The van der Waals surface area contributed by atoms with Crippen LogP contribution < -0.4 is 0 Å². The van der Waals surface area contributed by atoms with Gasteiger partial charge in [0.05, 0.1) is 72.6 Å². The highest BCUT2D eigenvalue weighted by atomic mass is 16.7. The van der Waals surface area contributed by atoms with E-state index in [9.17, 15) is 0 Å². The summed E-state index contributed by atoms with van der Waals surface area (Å²) < 4.78 is 35.9. The number of hydrogen-bond donors (Lipinski definition) is 0. The highest BCUT2D eigenvalue weighted by Gasteiger charge is 2.53. The van der Waals surface area contributed by atoms with Crippen LogP contribution in [0.5, 0.6) is 0 Å². The minimum atomic E-state index is -0.546. The predicted octanol–water partition coefficient (Wildman–Crippen LogP) is 29.6. The van der Waals surface area contributed by atoms with Gasteiger partial charge < -0.3 is 28.4 Å². The van der Waals surface area contributed by atoms with Crippen molar-refractivity contribution >= 4 is 6.08 Å². The topological polar surface area (TPSA) is 213 Å². The fourth-order valence-corrected chi connectivity index (χ4v) is 18.2. The van der Waals surface area contributed by atoms with E-state index in [1.807, 2.05) is 83.1 Å². The Kier molecular flexibility index (Phi) is 54.4. The molecule has 6 unspecified atom stereocenters. The number of aryl methyl sites for hydroxylation is 6. The summed E-state index contributed by atoms with van der Waals surface area (Å²) in [6, 6.07) is 0.448. The molecule has 744 valence electrons. The van der Waals surface area contributed by atoms with Gasteiger partial charge in [-0.1, -0.05) is 291 Å². The molecule has 0 N–H and O–H groups in total. The molecule has 9 heterocycles. The third kappa shape index (κ3) is 30.2. The number of rotatable bonds is 14. The van der Waals surface area contributed by atoms with E-state index in [1.165, 1.54) is 80.4 Å². The molecule has 6 aromatic heterocycles. The Bertz CT molecular complexity index is 4300. The maximum absolute atomic E-state index is 6.15. The summed E-state index contributed by atoms with van der Waals surface area (Å²) in [5.74, 6) is 11.4. The van der Waals surface area contributed by atoms with Crippen LogP contribution in [-0.2, 0) is 66.1 Å². The van der Waals surface area contributed by atoms with E-state index >= 15 is 0 Å². The van der Waals surface area contributed by atoms with Crippen molar-refractivity contribution in [2.45, 2.75) is 479 Å². The van der Waals surface area contributed by atoms with Crippen molar-refractivity contribution in [2.75, 3.05) is 47.7 Å². The van der Waals surface area contributed by atoms with Crippen molar-refractivity contribution in [3.8, 4) is 0 Å². The van der Waals surface area contributed by atoms with E-state index < -0.39 is 17.4 Å². The molecule has 19 heteroatoms. The standard InChI is InChI=1S/C18H28N2O2.C17H26N2O2.C17H28N2O2.C16H24N2.C14H23N3.C14H22N2.6C2H6.3CH4/c1-11(2)14-9-18(21-7-6-8-22-18)10-15-13(5)19-17(12(3)4)20-16(14)15;1-10(2)14-15-13(9-17(14)20-7-6-8-21-17)12(5)18-16(19-15)11(3)4;1-10(2)13-8-17(20-6,21-7)9-14-12(5)18-16(11(3)4)19-15(13)14;1-10(2)15-17-12(5)13-8-7-9-16(6,11(3)4)14(13)18-15;1-8(2)13-12-11(7-17(13)6)10(5)15-14(16-12)9(3)4;1-8(2)11-6-7-12-10(5)15-14(9(3)4)16-13(11)12;6*1-2;;;/h11-12,14H,6-10H2,1-5H3;10-11,14H,6-9H2,1-5H3;10-11,13H,8-9H2,1-7H3;7-8,10-11H,9H2,1-6H3;8-9,13H,7H2,1-6H3;8-9,11H,6-7H2,1-5H3;6*1-2H3;3*1H4. The van der Waals surface area contributed by atoms with Crippen LogP contribution >= 0.6 is 0 Å². The van der Waals surface area contributed by atoms with Gasteiger partial charge in [0, 0.05) is 174 Å². The van der Waals surface area contributed by atoms with Crippen LogP contribution in [0.2, 0.25) is 0 Å². The molecule has 0 amide bonds. The normalized spacial score (nSPS) is 19.8. The summed E-state index contributed by atoms with van der Waals surface area (Å²) in [5.41, 5.74) is 22.0. The number of methoxy groups -OCH3 is 2. The minimum absolute atomic E-state index is 0. The molecule has 8 aliphatic rings. The molecule has 14 rings (SSSR count). The van der Waals surface area contributed by atoms with Gasteiger partial charge in [-0.05, 0) is 122 Å². The van der Waals surface area contributed by atoms with Crippen LogP contribution in [0.4, 0.5) is 0 Å². The van der Waals surface area contributed by atoms with Crippen LogP contribution in [0.25, 0.3) is 6.08 Å². The fraction of sp³-hybridized carbons (Fsp3) is 0.766. The number of hydrogen-bond acceptors (Lipinski definition) is 19. The second-order valence-electron chi connectivity index (χ2n) is 38.7. The van der Waals surface area contributed by atoms with Gasteiger partial charge in [-0.3, -0.25) is 4.90 Å². The van der Waals surface area contributed by atoms with Crippen LogP contribution in [0.15, 0.2) is 6.08 Å². The molecule has 0 bridgehead atoms. The molecule has 2 fully saturated rings. The third-order valence-electron chi connectivity index (χ3n) is 25.7. The predicted molar refractivity (Wildman–Crippen MR) is 553 cm³/mol. The smallest absolute Gasteiger partial charge is 0.180 e. The molecule has 0 radical (unpaired) electrons. The SMILES string of the molecule is C.C.C.CC.CC.CC.CC.CC.CC.COC1(OC)Cc2c(C)nc(C(C)C)nc2C(C(C)C)C1.Cc1nc(C(C)C)nc2c1C=CCC2(C)C(C)C.Cc1nc(C(C)C)nc2c1CC1(CC2C(C)C)OCCCO1.Cc1nc(C(C)C)nc2c1CC1(OCCCO1)C2C(C)C.Cc1nc(C(C)C)nc2c1CCC2C(C)C.Cc1nc(C(C)C)nc2c1CN(C)C2C(C)C. The molecule has 2 spiro atoms. The molecule has 0 aromatic carbocycles. The average Bonchev–Trinajstić information content (AvgIpc) is 1.48. The zero-order valence-corrected chi connectivity index (χ0v) is 89.8. The first kappa shape index (κ1) is 124. The van der Waals surface area contributed by atoms with Crippen molar-refractivity contribution in [3.05, 3.63) is 143 Å². The lowest BCUT2D eigenvalue weighted by Crippen LogP contribution is -2.47. The molecule has 6 aromatic rings. The lowest BCUT2D eigenvalue weighted by atomic mass is 9.69. The number of fused-ring (bicyclic) bond motifs is 6. The van der Waals surface area contributed by atoms with Crippen molar-refractivity contribution < 1.29 is 28.4 Å². The average molecular weight is 1810 g/mol. The number of allylic oxidation sites excluding steroid dienone is 1. The van der Waals surface area contributed by atoms with E-state index in [4.69, 9.17) is 73.3 Å². The molecule has 0 saturated carbocycles. The fourth-order valence-electron chi connectivity index (χ4n) is 18.2. The van der Waals surface area contributed by atoms with E-state index in [1.54, 1.807) is 14.2 Å². The highest BCUT2D eigenvalue weighted by molar-refractivity contribution is 5.59. The first-order valence-corrected chi connectivity index (χ1v) is 50.3. The van der Waals surface area contributed by atoms with E-state index in [-0.39, 0.29) is 33.6 Å². The first-order valence-electron chi connectivity index (χ1n) is 50.3. The van der Waals surface area contributed by atoms with Gasteiger partial charge in [0.2, 0.25) is 0 Å². The molecule has 5 aliphatic carbocycles. The van der Waals surface area contributed by atoms with Crippen LogP contribution in [0.1, 0.15) is 519 Å². The van der Waals surface area contributed by atoms with E-state index in [0.29, 0.717) is 94.8 Å². The van der Waals surface area contributed by atoms with Crippen molar-refractivity contribution in [1.29, 1.82) is 0 Å². The van der Waals surface area contributed by atoms with Crippen LogP contribution in [0.3, 0.4) is 0 Å². The minimum Gasteiger partial charge on any atom is -0.353 e. The number of ether oxygens (including phenoxy) is 6. The van der Waals surface area contributed by atoms with E-state index in [2.05, 4.69) is 254 Å². The monoisotopic (exact) mass is 1810 g/mol. The van der Waals surface area contributed by atoms with E-state index in [0.717, 1.165) is 153 Å². The van der Waals surface area contributed by atoms with Gasteiger partial charge in [0.1, 0.15) is 34.9 Å². The quantitative estimate of drug-likeness (QED) is 0.0927. The van der Waals surface area contributed by atoms with Crippen molar-refractivity contribution in [3.63, 3.8) is 0 Å². The van der Waals surface area contributed by atoms with Crippen LogP contribution in [0, 0.1) is 77.0 Å². The highest BCUT2D eigenvalue weighted by Crippen LogP contribution is 2.51. The van der Waals surface area contributed by atoms with Gasteiger partial charge in [-0.2, -0.15) is 0 Å². The Hall–Kier alpha value is -6.06. The Morgan fingerprint density at radius 2 is 0.708 bits per heavy atom. The second-order valence-corrected chi connectivity index (χ2v) is 38.7.